The first-order valence-corrected chi connectivity index (χ1v) is 19.9. The number of hydrogen-bond acceptors (Lipinski definition) is 21. The van der Waals surface area contributed by atoms with Gasteiger partial charge in [-0.3, -0.25) is 32.6 Å². The Kier molecular flexibility index (Phi) is 23.6. The average Bonchev–Trinajstić information content (AvgIpc) is 3.57. The van der Waals surface area contributed by atoms with Crippen LogP contribution >= 0.6 is 35.2 Å². The molecule has 7 N–H and O–H groups in total. The molecule has 0 aromatic carbocycles. The molecule has 3 heterocycles. The first-order valence-electron chi connectivity index (χ1n) is 14.5. The van der Waals surface area contributed by atoms with E-state index in [9.17, 15) is 57.9 Å². The molecule has 1 fully saturated rings. The minimum absolute atomic E-state index is 0. The molecule has 2 aromatic rings. The summed E-state index contributed by atoms with van der Waals surface area (Å²) < 4.78 is 60.5. The number of amides is 2. The molecule has 0 aliphatic carbocycles. The second-order valence-corrected chi connectivity index (χ2v) is 16.7. The van der Waals surface area contributed by atoms with Gasteiger partial charge in [0.15, 0.2) is 22.8 Å². The number of aliphatic hydroxyl groups excluding tert-OH is 2. The number of carbonyl (C=O) groups excluding carboxylic acids is 3. The maximum Gasteiger partial charge on any atom is 1.00 e. The molecule has 0 radical (unpaired) electrons. The number of nitrogens with zero attached hydrogens (tertiary/aromatic N) is 4. The van der Waals surface area contributed by atoms with Crippen LogP contribution in [-0.4, -0.2) is 108 Å². The Bertz CT molecular complexity index is 1730. The molecule has 8 atom stereocenters. The van der Waals surface area contributed by atoms with E-state index in [0.717, 1.165) is 29.0 Å². The molecule has 288 valence electrons. The van der Waals surface area contributed by atoms with Gasteiger partial charge in [0.05, 0.1) is 19.5 Å². The number of anilines is 1. The Morgan fingerprint density at radius 3 is 2.31 bits per heavy atom. The third-order valence-electron chi connectivity index (χ3n) is 6.79. The van der Waals surface area contributed by atoms with Crippen LogP contribution in [0.15, 0.2) is 12.7 Å². The first kappa shape index (κ1) is 54.6. The Morgan fingerprint density at radius 1 is 1.07 bits per heavy atom. The zero-order chi connectivity index (χ0) is 38.4. The Labute approximate surface area is 378 Å². The molecule has 1 aliphatic heterocycles. The summed E-state index contributed by atoms with van der Waals surface area (Å²) in [5.74, 6) is -1.17. The van der Waals surface area contributed by atoms with Gasteiger partial charge in [0, 0.05) is 37.6 Å². The van der Waals surface area contributed by atoms with Crippen molar-refractivity contribution >= 4 is 69.1 Å². The number of carbonyl (C=O) groups is 3. The summed E-state index contributed by atoms with van der Waals surface area (Å²) in [7, 11) is -17.3. The molecule has 2 amide bonds. The van der Waals surface area contributed by atoms with Gasteiger partial charge < -0.3 is 64.5 Å². The third-order valence-corrected chi connectivity index (χ3v) is 10.6. The van der Waals surface area contributed by atoms with Crippen molar-refractivity contribution in [2.75, 3.05) is 37.8 Å². The van der Waals surface area contributed by atoms with Gasteiger partial charge in [-0.25, -0.2) is 19.3 Å². The smallest absolute Gasteiger partial charge is 0.756 e. The summed E-state index contributed by atoms with van der Waals surface area (Å²) in [6, 6.07) is 0. The van der Waals surface area contributed by atoms with Crippen molar-refractivity contribution in [3.05, 3.63) is 12.7 Å². The van der Waals surface area contributed by atoms with Crippen LogP contribution in [0.5, 0.6) is 0 Å². The minimum Gasteiger partial charge on any atom is -0.756 e. The normalized spacial score (nSPS) is 22.2. The molecular formula is C23H35N7Na3O17P3S. The fraction of sp³-hybridized carbons (Fsp3) is 0.652. The van der Waals surface area contributed by atoms with Crippen LogP contribution in [0.4, 0.5) is 5.82 Å². The predicted octanol–water partition coefficient (Wildman–Crippen LogP) is -12.2. The van der Waals surface area contributed by atoms with Gasteiger partial charge >= 0.3 is 88.7 Å². The van der Waals surface area contributed by atoms with E-state index in [1.54, 1.807) is 0 Å². The molecule has 3 rings (SSSR count). The number of thioether (sulfide) groups is 1. The van der Waals surface area contributed by atoms with Gasteiger partial charge in [-0.2, -0.15) is 0 Å². The van der Waals surface area contributed by atoms with Crippen LogP contribution in [0.3, 0.4) is 0 Å². The number of imidazole rings is 1. The van der Waals surface area contributed by atoms with Gasteiger partial charge in [-0.1, -0.05) is 25.6 Å². The van der Waals surface area contributed by atoms with Crippen molar-refractivity contribution in [1.29, 1.82) is 0 Å². The second-order valence-electron chi connectivity index (χ2n) is 11.3. The summed E-state index contributed by atoms with van der Waals surface area (Å²) in [6.07, 6.45) is -7.35. The van der Waals surface area contributed by atoms with E-state index >= 15 is 0 Å². The van der Waals surface area contributed by atoms with E-state index in [-0.39, 0.29) is 130 Å². The van der Waals surface area contributed by atoms with Crippen LogP contribution in [0.2, 0.25) is 0 Å². The van der Waals surface area contributed by atoms with Gasteiger partial charge in [-0.05, 0) is 0 Å². The molecule has 54 heavy (non-hydrogen) atoms. The zero-order valence-corrected chi connectivity index (χ0v) is 39.5. The Hall–Kier alpha value is 0.560. The van der Waals surface area contributed by atoms with Gasteiger partial charge in [-0.15, -0.1) is 0 Å². The number of fused-ring (bicyclic) bond motifs is 1. The quantitative estimate of drug-likeness (QED) is 0.0433. The average molecular weight is 876 g/mol. The number of nitrogens with two attached hydrogens (primary N) is 1. The molecule has 0 saturated carbocycles. The molecule has 1 saturated heterocycles. The number of nitrogens with one attached hydrogen (secondary N) is 2. The van der Waals surface area contributed by atoms with E-state index < -0.39 is 84.6 Å². The van der Waals surface area contributed by atoms with E-state index in [1.165, 1.54) is 20.8 Å². The monoisotopic (exact) mass is 875 g/mol. The van der Waals surface area contributed by atoms with Crippen molar-refractivity contribution in [3.63, 3.8) is 0 Å². The number of aliphatic hydroxyl groups is 2. The van der Waals surface area contributed by atoms with Crippen LogP contribution in [-0.2, 0) is 50.7 Å². The fourth-order valence-corrected chi connectivity index (χ4v) is 7.54. The van der Waals surface area contributed by atoms with Crippen molar-refractivity contribution in [1.82, 2.24) is 30.2 Å². The number of aromatic nitrogens is 4. The van der Waals surface area contributed by atoms with Gasteiger partial charge in [0.2, 0.25) is 11.8 Å². The summed E-state index contributed by atoms with van der Waals surface area (Å²) in [5.41, 5.74) is 4.11. The third kappa shape index (κ3) is 17.0. The molecule has 0 spiro atoms. The molecule has 24 nitrogen and oxygen atoms in total. The largest absolute Gasteiger partial charge is 1.00 e. The Morgan fingerprint density at radius 2 is 1.70 bits per heavy atom. The number of phosphoric acid groups is 3. The van der Waals surface area contributed by atoms with Crippen molar-refractivity contribution in [3.8, 4) is 0 Å². The SMILES string of the molecule is CC(=O)SCCNC(=O)CCNC(=O)[C@H](O)C(C)(C)COP(=O)([O-])OP(=O)([O-])OC[C@H]1O[C@@H](n2cnc3c(N)ncnc32)C(O)[C@H]1OP(=O)([O-])O.[Na+].[Na+].[Na+]. The van der Waals surface area contributed by atoms with E-state index in [1.807, 2.05) is 0 Å². The number of nitrogen functional groups attached to an aromatic ring is 1. The summed E-state index contributed by atoms with van der Waals surface area (Å²) in [6.45, 7) is 1.54. The molecular weight excluding hydrogens is 840 g/mol. The zero-order valence-electron chi connectivity index (χ0n) is 30.0. The van der Waals surface area contributed by atoms with E-state index in [0.29, 0.717) is 5.75 Å². The van der Waals surface area contributed by atoms with Crippen LogP contribution in [0.25, 0.3) is 11.2 Å². The summed E-state index contributed by atoms with van der Waals surface area (Å²) >= 11 is 1.02. The molecule has 4 unspecified atom stereocenters. The van der Waals surface area contributed by atoms with Crippen molar-refractivity contribution < 1.29 is 169 Å². The number of hydrogen-bond donors (Lipinski definition) is 6. The molecule has 2 aromatic heterocycles. The van der Waals surface area contributed by atoms with E-state index in [2.05, 4.69) is 43.5 Å². The maximum atomic E-state index is 12.4. The molecule has 0 bridgehead atoms. The van der Waals surface area contributed by atoms with Crippen LogP contribution < -0.4 is 120 Å². The number of rotatable bonds is 19. The maximum absolute atomic E-state index is 12.4. The van der Waals surface area contributed by atoms with Gasteiger partial charge in [0.1, 0.15) is 36.3 Å². The van der Waals surface area contributed by atoms with Crippen LogP contribution in [0, 0.1) is 5.41 Å². The topological polar surface area (TPSA) is 372 Å². The summed E-state index contributed by atoms with van der Waals surface area (Å²) in [4.78, 5) is 92.4. The summed E-state index contributed by atoms with van der Waals surface area (Å²) in [5, 5.41) is 25.9. The Balaban J connectivity index is 0.00000936. The van der Waals surface area contributed by atoms with Crippen molar-refractivity contribution in [2.45, 2.75) is 57.8 Å². The van der Waals surface area contributed by atoms with E-state index in [4.69, 9.17) is 10.5 Å². The first-order chi connectivity index (χ1) is 23.5. The number of ether oxygens (including phenoxy) is 1. The fourth-order valence-electron chi connectivity index (χ4n) is 4.31. The minimum atomic E-state index is -5.89. The molecule has 31 heteroatoms. The second kappa shape index (κ2) is 23.4. The van der Waals surface area contributed by atoms with Crippen LogP contribution in [0.1, 0.15) is 33.4 Å². The standard InChI is InChI=1S/C23H38N7O17P3S.3Na/c1-12(31)51-7-6-25-14(32)4-5-26-21(35)18(34)23(2,3)9-44-50(41,42)47-49(39,40)43-8-13-17(46-48(36,37)38)16(33)22(45-13)30-11-29-15-19(24)27-10-28-20(15)30;;;/h10-11,13,16-18,22,33-34H,4-9H2,1-3H3,(H,25,32)(H,26,35)(H,39,40)(H,41,42)(H2,24,27,28)(H2,36,37,38);;;/q;3*+1/p-3/t13-,16?,17+,18+,22-;;;/m1.../s1. The molecule has 1 aliphatic rings. The van der Waals surface area contributed by atoms with Crippen molar-refractivity contribution in [2.24, 2.45) is 5.41 Å². The number of phosphoric ester groups is 3. The predicted molar refractivity (Wildman–Crippen MR) is 166 cm³/mol. The van der Waals surface area contributed by atoms with Gasteiger partial charge in [0.25, 0.3) is 23.5 Å².